The van der Waals surface area contributed by atoms with Gasteiger partial charge < -0.3 is 24.8 Å². The molecule has 0 bridgehead atoms. The molecule has 2 aliphatic carbocycles. The van der Waals surface area contributed by atoms with E-state index in [4.69, 9.17) is 0 Å². The monoisotopic (exact) mass is 595 g/mol. The van der Waals surface area contributed by atoms with E-state index in [2.05, 4.69) is 92.7 Å². The fraction of sp³-hybridized carbons (Fsp3) is 0.111. The fourth-order valence-corrected chi connectivity index (χ4v) is 6.23. The second kappa shape index (κ2) is 9.22. The number of rotatable bonds is 2. The van der Waals surface area contributed by atoms with Crippen molar-refractivity contribution < 1.29 is 49.2 Å². The minimum atomic E-state index is 0. The Morgan fingerprint density at radius 1 is 0.733 bits per heavy atom. The van der Waals surface area contributed by atoms with Crippen molar-refractivity contribution >= 4 is 20.0 Å². The van der Waals surface area contributed by atoms with Gasteiger partial charge in [-0.25, -0.2) is 0 Å². The zero-order chi connectivity index (χ0) is 19.3. The van der Waals surface area contributed by atoms with Crippen LogP contribution in [-0.4, -0.2) is 0 Å². The third-order valence-corrected chi connectivity index (χ3v) is 7.66. The average molecular weight is 595 g/mol. The summed E-state index contributed by atoms with van der Waals surface area (Å²) in [5.41, 5.74) is 8.49. The van der Waals surface area contributed by atoms with Crippen molar-refractivity contribution in [2.75, 3.05) is 0 Å². The average Bonchev–Trinajstić information content (AvgIpc) is 3.32. The van der Waals surface area contributed by atoms with Gasteiger partial charge in [-0.1, -0.05) is 0 Å². The van der Waals surface area contributed by atoms with E-state index in [1.54, 1.807) is 0 Å². The Labute approximate surface area is 204 Å². The van der Waals surface area contributed by atoms with E-state index in [0.29, 0.717) is 0 Å². The molecule has 0 aromatic heterocycles. The van der Waals surface area contributed by atoms with Crippen molar-refractivity contribution in [1.82, 2.24) is 0 Å². The van der Waals surface area contributed by atoms with E-state index in [-0.39, 0.29) is 24.8 Å². The van der Waals surface area contributed by atoms with Crippen LogP contribution in [0, 0.1) is 10.4 Å². The van der Waals surface area contributed by atoms with Crippen molar-refractivity contribution in [3.63, 3.8) is 0 Å². The minimum Gasteiger partial charge on any atom is -1.00 e. The van der Waals surface area contributed by atoms with Crippen molar-refractivity contribution in [1.29, 1.82) is 0 Å². The molecule has 0 atom stereocenters. The third-order valence-electron chi connectivity index (χ3n) is 5.80. The molecule has 0 radical (unpaired) electrons. The van der Waals surface area contributed by atoms with Crippen molar-refractivity contribution in [2.45, 2.75) is 20.3 Å². The van der Waals surface area contributed by atoms with Gasteiger partial charge in [-0.15, -0.1) is 0 Å². The molecule has 0 amide bonds. The van der Waals surface area contributed by atoms with Gasteiger partial charge in [0.2, 0.25) is 0 Å². The molecule has 147 valence electrons. The Hall–Kier alpha value is -1.67. The van der Waals surface area contributed by atoms with Gasteiger partial charge in [-0.05, 0) is 0 Å². The summed E-state index contributed by atoms with van der Waals surface area (Å²) in [5, 5.41) is 5.64. The first-order valence-corrected chi connectivity index (χ1v) is 11.6. The van der Waals surface area contributed by atoms with Crippen LogP contribution < -0.4 is 35.3 Å². The van der Waals surface area contributed by atoms with Crippen molar-refractivity contribution in [3.8, 4) is 0 Å². The van der Waals surface area contributed by atoms with Gasteiger partial charge >= 0.3 is 181 Å². The Bertz CT molecular complexity index is 1390. The molecule has 0 spiro atoms. The molecule has 0 heterocycles. The minimum absolute atomic E-state index is 0. The zero-order valence-electron chi connectivity index (χ0n) is 17.0. The van der Waals surface area contributed by atoms with Crippen LogP contribution in [0.25, 0.3) is 20.0 Å². The quantitative estimate of drug-likeness (QED) is 0.336. The number of halogens is 2. The van der Waals surface area contributed by atoms with E-state index < -0.39 is 0 Å². The molecule has 30 heavy (non-hydrogen) atoms. The second-order valence-electron chi connectivity index (χ2n) is 7.70. The molecule has 0 fully saturated rings. The number of hydrogen-bond acceptors (Lipinski definition) is 0. The molecule has 5 rings (SSSR count). The van der Waals surface area contributed by atoms with E-state index >= 15 is 0 Å². The van der Waals surface area contributed by atoms with Gasteiger partial charge in [0, 0.05) is 0 Å². The Balaban J connectivity index is 0.00000128. The smallest absolute Gasteiger partial charge is 1.00 e. The maximum Gasteiger partial charge on any atom is -1.00 e. The number of hydrogen-bond donors (Lipinski definition) is 0. The van der Waals surface area contributed by atoms with Gasteiger partial charge in [0.15, 0.2) is 0 Å². The Kier molecular flexibility index (Phi) is 7.07. The fourth-order valence-electron chi connectivity index (χ4n) is 4.52. The van der Waals surface area contributed by atoms with Crippen LogP contribution in [0.15, 0.2) is 78.9 Å². The van der Waals surface area contributed by atoms with Crippen molar-refractivity contribution in [3.05, 3.63) is 116 Å². The summed E-state index contributed by atoms with van der Waals surface area (Å²) in [6, 6.07) is 24.4. The SMILES string of the molecule is CC(C)=c1ccc2c(c1C1=C(c3ccccc3)C=CC1)[C]([Hf+2])=c1ccccc1=2.[Cl-].[Cl-]. The number of fused-ring (bicyclic) bond motifs is 2. The maximum absolute atomic E-state index is 2.34. The van der Waals surface area contributed by atoms with Crippen LogP contribution in [0.4, 0.5) is 0 Å². The summed E-state index contributed by atoms with van der Waals surface area (Å²) in [7, 11) is 0. The Morgan fingerprint density at radius 3 is 2.10 bits per heavy atom. The molecule has 3 aromatic rings. The largest absolute Gasteiger partial charge is 1.00 e. The summed E-state index contributed by atoms with van der Waals surface area (Å²) in [5.74, 6) is 0. The van der Waals surface area contributed by atoms with Gasteiger partial charge in [-0.3, -0.25) is 0 Å². The van der Waals surface area contributed by atoms with Gasteiger partial charge in [0.1, 0.15) is 0 Å². The van der Waals surface area contributed by atoms with E-state index in [9.17, 15) is 0 Å². The molecule has 0 aliphatic heterocycles. The predicted molar refractivity (Wildman–Crippen MR) is 114 cm³/mol. The van der Waals surface area contributed by atoms with E-state index in [0.717, 1.165) is 30.8 Å². The Morgan fingerprint density at radius 2 is 1.40 bits per heavy atom. The molecule has 0 saturated carbocycles. The van der Waals surface area contributed by atoms with Crippen LogP contribution in [0.1, 0.15) is 37.0 Å². The van der Waals surface area contributed by atoms with Crippen LogP contribution in [-0.2, 0) is 24.4 Å². The van der Waals surface area contributed by atoms with Crippen molar-refractivity contribution in [2.24, 2.45) is 0 Å². The summed E-state index contributed by atoms with van der Waals surface area (Å²) < 4.78 is 1.54. The molecular formula is C27H21Cl2Hf. The van der Waals surface area contributed by atoms with Gasteiger partial charge in [0.25, 0.3) is 0 Å². The summed E-state index contributed by atoms with van der Waals surface area (Å²) in [4.78, 5) is 0. The molecule has 0 unspecified atom stereocenters. The van der Waals surface area contributed by atoms with Crippen LogP contribution >= 0.6 is 0 Å². The first kappa shape index (κ1) is 23.0. The van der Waals surface area contributed by atoms with Crippen LogP contribution in [0.5, 0.6) is 0 Å². The van der Waals surface area contributed by atoms with E-state index in [1.165, 1.54) is 57.6 Å². The summed E-state index contributed by atoms with van der Waals surface area (Å²) >= 11 is 1.05. The van der Waals surface area contributed by atoms with Gasteiger partial charge in [-0.2, -0.15) is 0 Å². The molecule has 0 N–H and O–H groups in total. The first-order valence-electron chi connectivity index (χ1n) is 9.78. The zero-order valence-corrected chi connectivity index (χ0v) is 22.1. The molecule has 3 heteroatoms. The number of benzene rings is 3. The maximum atomic E-state index is 2.34. The van der Waals surface area contributed by atoms with E-state index in [1.807, 2.05) is 0 Å². The predicted octanol–water partition coefficient (Wildman–Crippen LogP) is -0.941. The molecule has 0 nitrogen and oxygen atoms in total. The van der Waals surface area contributed by atoms with Gasteiger partial charge in [0.05, 0.1) is 0 Å². The third kappa shape index (κ3) is 3.62. The number of allylic oxidation sites excluding steroid dienone is 4. The normalized spacial score (nSPS) is 13.5. The summed E-state index contributed by atoms with van der Waals surface area (Å²) in [6.07, 6.45) is 5.64. The first-order chi connectivity index (χ1) is 13.7. The standard InChI is InChI=1S/C27H21.2ClH.Hf/c1-18(2)21-15-16-24-23-12-7-6-11-20(23)17-26(24)27(21)25-14-8-13-22(25)19-9-4-3-5-10-19;;;/h3-13,15-16H,14H2,1-2H3;2*1H;/q;;;+2/p-2. The van der Waals surface area contributed by atoms with Crippen LogP contribution in [0.3, 0.4) is 0 Å². The molecule has 2 aliphatic rings. The summed E-state index contributed by atoms with van der Waals surface area (Å²) in [6.45, 7) is 4.48. The molecule has 3 aromatic carbocycles. The van der Waals surface area contributed by atoms with Crippen LogP contribution in [0.2, 0.25) is 0 Å². The second-order valence-corrected chi connectivity index (χ2v) is 9.49. The molecule has 0 saturated heterocycles. The molecular weight excluding hydrogens is 574 g/mol. The topological polar surface area (TPSA) is 0 Å².